The van der Waals surface area contributed by atoms with Crippen LogP contribution in [0.2, 0.25) is 0 Å². The van der Waals surface area contributed by atoms with Gasteiger partial charge in [0.15, 0.2) is 17.2 Å². The van der Waals surface area contributed by atoms with Crippen molar-refractivity contribution < 1.29 is 32.9 Å². The molecule has 0 radical (unpaired) electrons. The van der Waals surface area contributed by atoms with Crippen LogP contribution in [0.3, 0.4) is 0 Å². The number of hydrogen-bond donors (Lipinski definition) is 0. The van der Waals surface area contributed by atoms with E-state index in [9.17, 15) is 14.0 Å². The fraction of sp³-hybridized carbons (Fsp3) is 0.115. The number of carbonyl (C=O) groups is 2. The quantitative estimate of drug-likeness (QED) is 0.286. The van der Waals surface area contributed by atoms with Gasteiger partial charge in [0.05, 0.1) is 19.3 Å². The maximum atomic E-state index is 14.0. The summed E-state index contributed by atoms with van der Waals surface area (Å²) in [6, 6.07) is 17.4. The number of carbonyl (C=O) groups excluding carboxylic acids is 2. The summed E-state index contributed by atoms with van der Waals surface area (Å²) in [5, 5.41) is 0. The first kappa shape index (κ1) is 22.7. The topological polar surface area (TPSA) is 83.4 Å². The molecule has 0 atom stereocenters. The summed E-state index contributed by atoms with van der Waals surface area (Å²) in [7, 11) is 1.47. The lowest BCUT2D eigenvalue weighted by atomic mass is 10.1. The van der Waals surface area contributed by atoms with Gasteiger partial charge in [-0.15, -0.1) is 0 Å². The van der Waals surface area contributed by atoms with E-state index in [1.807, 2.05) is 0 Å². The molecule has 0 bridgehead atoms. The molecule has 0 fully saturated rings. The lowest BCUT2D eigenvalue weighted by Crippen LogP contribution is -2.11. The number of aliphatic imine (C=N–C) groups is 1. The molecule has 172 valence electrons. The maximum absolute atomic E-state index is 14.0. The highest BCUT2D eigenvalue weighted by Gasteiger charge is 2.26. The van der Waals surface area contributed by atoms with Crippen molar-refractivity contribution in [1.82, 2.24) is 0 Å². The largest absolute Gasteiger partial charge is 0.496 e. The van der Waals surface area contributed by atoms with Gasteiger partial charge in [0.2, 0.25) is 5.90 Å². The Hall–Kier alpha value is -4.46. The third-order valence-electron chi connectivity index (χ3n) is 4.83. The van der Waals surface area contributed by atoms with Crippen LogP contribution in [0.1, 0.15) is 28.4 Å². The van der Waals surface area contributed by atoms with Crippen LogP contribution in [0, 0.1) is 5.82 Å². The van der Waals surface area contributed by atoms with E-state index in [0.717, 1.165) is 0 Å². The molecule has 1 heterocycles. The fourth-order valence-corrected chi connectivity index (χ4v) is 3.25. The smallest absolute Gasteiger partial charge is 0.363 e. The Bertz CT molecular complexity index is 1310. The molecule has 1 aliphatic rings. The standard InChI is InChI=1S/C26H20FNO6/c1-3-32-23-15-16(12-13-22(23)33-25(29)18-9-5-7-11-21(18)31-2)14-20-26(30)34-24(28-20)17-8-4-6-10-19(17)27/h4-15H,3H2,1-2H3. The van der Waals surface area contributed by atoms with Crippen LogP contribution in [0.4, 0.5) is 4.39 Å². The molecule has 3 aromatic rings. The van der Waals surface area contributed by atoms with E-state index in [4.69, 9.17) is 18.9 Å². The molecule has 0 unspecified atom stereocenters. The van der Waals surface area contributed by atoms with Crippen LogP contribution in [0.5, 0.6) is 17.2 Å². The number of para-hydroxylation sites is 1. The van der Waals surface area contributed by atoms with Gasteiger partial charge in [-0.05, 0) is 55.0 Å². The van der Waals surface area contributed by atoms with Gasteiger partial charge in [0.1, 0.15) is 17.1 Å². The lowest BCUT2D eigenvalue weighted by Gasteiger charge is -2.12. The van der Waals surface area contributed by atoms with Crippen molar-refractivity contribution in [2.45, 2.75) is 6.92 Å². The zero-order chi connectivity index (χ0) is 24.1. The van der Waals surface area contributed by atoms with Crippen molar-refractivity contribution >= 4 is 23.9 Å². The molecule has 4 rings (SSSR count). The lowest BCUT2D eigenvalue weighted by molar-refractivity contribution is -0.129. The maximum Gasteiger partial charge on any atom is 0.363 e. The van der Waals surface area contributed by atoms with Crippen molar-refractivity contribution in [2.75, 3.05) is 13.7 Å². The Morgan fingerprint density at radius 3 is 2.56 bits per heavy atom. The third kappa shape index (κ3) is 4.80. The van der Waals surface area contributed by atoms with Crippen LogP contribution in [-0.2, 0) is 9.53 Å². The van der Waals surface area contributed by atoms with Crippen molar-refractivity contribution in [2.24, 2.45) is 4.99 Å². The summed E-state index contributed by atoms with van der Waals surface area (Å²) in [6.45, 7) is 2.10. The second kappa shape index (κ2) is 9.99. The Labute approximate surface area is 195 Å². The van der Waals surface area contributed by atoms with Gasteiger partial charge in [-0.1, -0.05) is 30.3 Å². The number of nitrogens with zero attached hydrogens (tertiary/aromatic N) is 1. The van der Waals surface area contributed by atoms with Gasteiger partial charge in [0, 0.05) is 0 Å². The predicted octanol–water partition coefficient (Wildman–Crippen LogP) is 4.80. The number of rotatable bonds is 7. The number of methoxy groups -OCH3 is 1. The zero-order valence-corrected chi connectivity index (χ0v) is 18.4. The van der Waals surface area contributed by atoms with E-state index < -0.39 is 17.8 Å². The second-order valence-corrected chi connectivity index (χ2v) is 7.04. The van der Waals surface area contributed by atoms with Gasteiger partial charge < -0.3 is 18.9 Å². The third-order valence-corrected chi connectivity index (χ3v) is 4.83. The Balaban J connectivity index is 1.61. The Morgan fingerprint density at radius 2 is 1.79 bits per heavy atom. The monoisotopic (exact) mass is 461 g/mol. The van der Waals surface area contributed by atoms with Gasteiger partial charge in [-0.25, -0.2) is 19.0 Å². The molecular formula is C26H20FNO6. The average molecular weight is 461 g/mol. The molecule has 0 saturated heterocycles. The van der Waals surface area contributed by atoms with E-state index in [-0.39, 0.29) is 28.5 Å². The van der Waals surface area contributed by atoms with Crippen molar-refractivity contribution in [3.63, 3.8) is 0 Å². The highest BCUT2D eigenvalue weighted by Crippen LogP contribution is 2.32. The van der Waals surface area contributed by atoms with E-state index >= 15 is 0 Å². The first-order valence-corrected chi connectivity index (χ1v) is 10.4. The van der Waals surface area contributed by atoms with Crippen LogP contribution in [0.25, 0.3) is 6.08 Å². The summed E-state index contributed by atoms with van der Waals surface area (Å²) >= 11 is 0. The normalized spacial score (nSPS) is 13.9. The van der Waals surface area contributed by atoms with Crippen molar-refractivity contribution in [3.05, 3.63) is 94.9 Å². The average Bonchev–Trinajstić information content (AvgIpc) is 3.20. The van der Waals surface area contributed by atoms with Gasteiger partial charge in [-0.3, -0.25) is 0 Å². The summed E-state index contributed by atoms with van der Waals surface area (Å²) in [5.74, 6) is -1.09. The Kier molecular flexibility index (Phi) is 6.68. The van der Waals surface area contributed by atoms with Gasteiger partial charge in [0.25, 0.3) is 0 Å². The van der Waals surface area contributed by atoms with Gasteiger partial charge >= 0.3 is 11.9 Å². The van der Waals surface area contributed by atoms with E-state index in [1.54, 1.807) is 55.5 Å². The molecule has 0 N–H and O–H groups in total. The SMILES string of the molecule is CCOc1cc(C=C2N=C(c3ccccc3F)OC2=O)ccc1OC(=O)c1ccccc1OC. The minimum absolute atomic E-state index is 0.000492. The second-order valence-electron chi connectivity index (χ2n) is 7.04. The minimum Gasteiger partial charge on any atom is -0.496 e. The molecule has 0 amide bonds. The summed E-state index contributed by atoms with van der Waals surface area (Å²) in [6.07, 6.45) is 1.48. The van der Waals surface area contributed by atoms with Gasteiger partial charge in [-0.2, -0.15) is 0 Å². The molecule has 0 aliphatic carbocycles. The van der Waals surface area contributed by atoms with E-state index in [1.165, 1.54) is 31.4 Å². The molecule has 8 heteroatoms. The molecule has 1 aliphatic heterocycles. The number of ether oxygens (including phenoxy) is 4. The molecule has 34 heavy (non-hydrogen) atoms. The van der Waals surface area contributed by atoms with E-state index in [2.05, 4.69) is 4.99 Å². The zero-order valence-electron chi connectivity index (χ0n) is 18.4. The van der Waals surface area contributed by atoms with Crippen LogP contribution >= 0.6 is 0 Å². The van der Waals surface area contributed by atoms with Crippen LogP contribution < -0.4 is 14.2 Å². The van der Waals surface area contributed by atoms with Crippen LogP contribution in [-0.4, -0.2) is 31.6 Å². The molecular weight excluding hydrogens is 441 g/mol. The predicted molar refractivity (Wildman–Crippen MR) is 123 cm³/mol. The number of cyclic esters (lactones) is 1. The first-order valence-electron chi connectivity index (χ1n) is 10.4. The fourth-order valence-electron chi connectivity index (χ4n) is 3.25. The first-order chi connectivity index (χ1) is 16.5. The molecule has 0 spiro atoms. The number of benzene rings is 3. The number of halogens is 1. The molecule has 3 aromatic carbocycles. The summed E-state index contributed by atoms with van der Waals surface area (Å²) < 4.78 is 35.5. The summed E-state index contributed by atoms with van der Waals surface area (Å²) in [5.41, 5.74) is 0.903. The highest BCUT2D eigenvalue weighted by molar-refractivity contribution is 6.13. The molecule has 7 nitrogen and oxygen atoms in total. The van der Waals surface area contributed by atoms with Crippen molar-refractivity contribution in [3.8, 4) is 17.2 Å². The van der Waals surface area contributed by atoms with Crippen LogP contribution in [0.15, 0.2) is 77.4 Å². The van der Waals surface area contributed by atoms with E-state index in [0.29, 0.717) is 23.7 Å². The minimum atomic E-state index is -0.706. The molecule has 0 saturated carbocycles. The number of hydrogen-bond acceptors (Lipinski definition) is 7. The van der Waals surface area contributed by atoms with Crippen molar-refractivity contribution in [1.29, 1.82) is 0 Å². The summed E-state index contributed by atoms with van der Waals surface area (Å²) in [4.78, 5) is 29.1. The Morgan fingerprint density at radius 1 is 1.03 bits per heavy atom. The highest BCUT2D eigenvalue weighted by atomic mass is 19.1. The number of esters is 2. The molecule has 0 aromatic heterocycles.